The molecule has 0 saturated carbocycles. The minimum atomic E-state index is -0.0948. The van der Waals surface area contributed by atoms with Gasteiger partial charge in [0, 0.05) is 4.47 Å². The van der Waals surface area contributed by atoms with Crippen molar-refractivity contribution >= 4 is 43.2 Å². The molecule has 6 heteroatoms. The molecule has 3 aromatic rings. The summed E-state index contributed by atoms with van der Waals surface area (Å²) >= 11 is 4.94. The Morgan fingerprint density at radius 2 is 2.07 bits per heavy atom. The number of aryl methyl sites for hydroxylation is 1. The average Bonchev–Trinajstić information content (AvgIpc) is 3.14. The molecule has 2 aromatic carbocycles. The molecule has 148 valence electrons. The minimum absolute atomic E-state index is 0.0948. The van der Waals surface area contributed by atoms with Gasteiger partial charge < -0.3 is 0 Å². The van der Waals surface area contributed by atoms with E-state index in [0.29, 0.717) is 11.6 Å². The van der Waals surface area contributed by atoms with Gasteiger partial charge in [0.25, 0.3) is 0 Å². The SMILES string of the molecule is CNC(=O)c1cc(-c2cccc(CNC3CCc4ccc(Br)cc43)c2)cnc1[AsH2]. The molecule has 0 radical (unpaired) electrons. The number of nitrogens with zero attached hydrogens (tertiary/aromatic N) is 1. The van der Waals surface area contributed by atoms with Crippen molar-refractivity contribution < 1.29 is 4.79 Å². The maximum atomic E-state index is 12.1. The van der Waals surface area contributed by atoms with Gasteiger partial charge in [-0.25, -0.2) is 0 Å². The summed E-state index contributed by atoms with van der Waals surface area (Å²) in [6.07, 6.45) is 4.10. The van der Waals surface area contributed by atoms with Crippen LogP contribution in [0.1, 0.15) is 39.5 Å². The van der Waals surface area contributed by atoms with E-state index < -0.39 is 0 Å². The van der Waals surface area contributed by atoms with E-state index >= 15 is 0 Å². The maximum absolute atomic E-state index is 12.1. The molecule has 0 spiro atoms. The molecule has 29 heavy (non-hydrogen) atoms. The van der Waals surface area contributed by atoms with Gasteiger partial charge in [-0.15, -0.1) is 0 Å². The van der Waals surface area contributed by atoms with E-state index in [0.717, 1.165) is 39.5 Å². The number of aromatic nitrogens is 1. The monoisotopic (exact) mass is 511 g/mol. The van der Waals surface area contributed by atoms with E-state index in [1.165, 1.54) is 33.5 Å². The van der Waals surface area contributed by atoms with Crippen LogP contribution in [-0.4, -0.2) is 34.8 Å². The molecule has 1 amide bonds. The Balaban J connectivity index is 1.52. The fraction of sp³-hybridized carbons (Fsp3) is 0.217. The Bertz CT molecular complexity index is 1070. The van der Waals surface area contributed by atoms with Gasteiger partial charge in [0.2, 0.25) is 0 Å². The third-order valence-electron chi connectivity index (χ3n) is 5.39. The second kappa shape index (κ2) is 8.83. The zero-order valence-electron chi connectivity index (χ0n) is 16.2. The fourth-order valence-corrected chi connectivity index (χ4v) is 4.82. The van der Waals surface area contributed by atoms with Crippen molar-refractivity contribution in [3.8, 4) is 11.1 Å². The van der Waals surface area contributed by atoms with Crippen LogP contribution in [0.5, 0.6) is 0 Å². The van der Waals surface area contributed by atoms with Crippen LogP contribution in [0.15, 0.2) is 59.2 Å². The second-order valence-electron chi connectivity index (χ2n) is 7.25. The third-order valence-corrected chi connectivity index (χ3v) is 6.85. The van der Waals surface area contributed by atoms with Gasteiger partial charge in [-0.3, -0.25) is 0 Å². The van der Waals surface area contributed by atoms with Crippen LogP contribution in [0.4, 0.5) is 0 Å². The number of hydrogen-bond donors (Lipinski definition) is 2. The van der Waals surface area contributed by atoms with Gasteiger partial charge in [0.05, 0.1) is 0 Å². The molecule has 0 aliphatic heterocycles. The number of carbonyl (C=O) groups excluding carboxylic acids is 1. The number of amides is 1. The zero-order chi connectivity index (χ0) is 20.4. The van der Waals surface area contributed by atoms with Crippen LogP contribution >= 0.6 is 15.9 Å². The summed E-state index contributed by atoms with van der Waals surface area (Å²) in [5.41, 5.74) is 6.73. The molecule has 0 bridgehead atoms. The zero-order valence-corrected chi connectivity index (χ0v) is 20.2. The molecule has 1 aliphatic carbocycles. The van der Waals surface area contributed by atoms with Gasteiger partial charge in [-0.05, 0) is 6.07 Å². The number of carbonyl (C=O) groups is 1. The standard InChI is InChI=1S/C23H23AsBrN3O/c1-26-23(29)20-10-17(13-28-22(20)24)16-4-2-3-14(9-16)12-27-21-8-6-15-5-7-18(25)11-19(15)21/h2-5,7,9-11,13,21,27H,6,8,12,24H2,1H3,(H,26,29). The van der Waals surface area contributed by atoms with Crippen molar-refractivity contribution in [3.63, 3.8) is 0 Å². The second-order valence-corrected chi connectivity index (χ2v) is 9.31. The van der Waals surface area contributed by atoms with E-state index in [9.17, 15) is 4.79 Å². The summed E-state index contributed by atoms with van der Waals surface area (Å²) in [5.74, 6) is -0.0948. The first-order chi connectivity index (χ1) is 14.0. The normalized spacial score (nSPS) is 15.2. The van der Waals surface area contributed by atoms with Crippen LogP contribution in [0, 0.1) is 0 Å². The fourth-order valence-electron chi connectivity index (χ4n) is 3.84. The van der Waals surface area contributed by atoms with Crippen molar-refractivity contribution in [1.82, 2.24) is 15.6 Å². The van der Waals surface area contributed by atoms with Gasteiger partial charge in [0.1, 0.15) is 0 Å². The molecule has 2 N–H and O–H groups in total. The Hall–Kier alpha value is -1.94. The van der Waals surface area contributed by atoms with Crippen molar-refractivity contribution in [2.75, 3.05) is 7.05 Å². The van der Waals surface area contributed by atoms with Crippen molar-refractivity contribution in [3.05, 3.63) is 81.5 Å². The summed E-state index contributed by atoms with van der Waals surface area (Å²) < 4.78 is 1.93. The van der Waals surface area contributed by atoms with Crippen molar-refractivity contribution in [1.29, 1.82) is 0 Å². The van der Waals surface area contributed by atoms with Crippen molar-refractivity contribution in [2.24, 2.45) is 0 Å². The molecular formula is C23H23AsBrN3O. The topological polar surface area (TPSA) is 54.0 Å². The molecule has 4 rings (SSSR count). The van der Waals surface area contributed by atoms with E-state index in [4.69, 9.17) is 0 Å². The molecule has 1 aliphatic rings. The average molecular weight is 512 g/mol. The quantitative estimate of drug-likeness (QED) is 0.518. The predicted octanol–water partition coefficient (Wildman–Crippen LogP) is 2.91. The molecule has 0 fully saturated rings. The Morgan fingerprint density at radius 1 is 1.21 bits per heavy atom. The molecule has 2 unspecified atom stereocenters. The number of pyridine rings is 1. The first-order valence-electron chi connectivity index (χ1n) is 9.64. The van der Waals surface area contributed by atoms with E-state index in [2.05, 4.69) is 74.0 Å². The molecule has 1 heterocycles. The number of benzene rings is 2. The molecule has 0 saturated heterocycles. The summed E-state index contributed by atoms with van der Waals surface area (Å²) in [4.78, 5) is 16.5. The first-order valence-corrected chi connectivity index (χ1v) is 11.6. The molecule has 1 aromatic heterocycles. The van der Waals surface area contributed by atoms with Crippen LogP contribution in [0.2, 0.25) is 0 Å². The number of rotatable bonds is 5. The molecular weight excluding hydrogens is 489 g/mol. The summed E-state index contributed by atoms with van der Waals surface area (Å²) in [6.45, 7) is 0.801. The van der Waals surface area contributed by atoms with E-state index in [1.54, 1.807) is 7.05 Å². The number of hydrogen-bond acceptors (Lipinski definition) is 3. The Kier molecular flexibility index (Phi) is 6.19. The van der Waals surface area contributed by atoms with E-state index in [1.807, 2.05) is 12.3 Å². The van der Waals surface area contributed by atoms with Gasteiger partial charge >= 0.3 is 156 Å². The van der Waals surface area contributed by atoms with Gasteiger partial charge in [-0.1, -0.05) is 22.0 Å². The van der Waals surface area contributed by atoms with Crippen LogP contribution in [0.25, 0.3) is 11.1 Å². The van der Waals surface area contributed by atoms with Gasteiger partial charge in [-0.2, -0.15) is 0 Å². The van der Waals surface area contributed by atoms with E-state index in [-0.39, 0.29) is 5.91 Å². The predicted molar refractivity (Wildman–Crippen MR) is 123 cm³/mol. The Labute approximate surface area is 188 Å². The Morgan fingerprint density at radius 3 is 2.90 bits per heavy atom. The van der Waals surface area contributed by atoms with Crippen molar-refractivity contribution in [2.45, 2.75) is 25.4 Å². The summed E-state index contributed by atoms with van der Waals surface area (Å²) in [5, 5.41) is 6.40. The number of nitrogens with one attached hydrogen (secondary N) is 2. The first kappa shape index (κ1) is 20.3. The molecule has 2 atom stereocenters. The van der Waals surface area contributed by atoms with Crippen LogP contribution in [0.3, 0.4) is 0 Å². The summed E-state index contributed by atoms with van der Waals surface area (Å²) in [7, 11) is 1.65. The van der Waals surface area contributed by atoms with Crippen LogP contribution in [-0.2, 0) is 13.0 Å². The van der Waals surface area contributed by atoms with Gasteiger partial charge in [0.15, 0.2) is 0 Å². The molecule has 4 nitrogen and oxygen atoms in total. The summed E-state index contributed by atoms with van der Waals surface area (Å²) in [6, 6.07) is 17.3. The number of halogens is 1. The number of fused-ring (bicyclic) bond motifs is 1. The van der Waals surface area contributed by atoms with Crippen LogP contribution < -0.4 is 15.1 Å². The third kappa shape index (κ3) is 4.47.